The Labute approximate surface area is 106 Å². The van der Waals surface area contributed by atoms with Crippen LogP contribution >= 0.6 is 11.8 Å². The normalized spacial score (nSPS) is 14.1. The summed E-state index contributed by atoms with van der Waals surface area (Å²) in [6, 6.07) is 3.45. The molecule has 0 saturated carbocycles. The second-order valence-electron chi connectivity index (χ2n) is 4.25. The maximum absolute atomic E-state index is 11.8. The minimum absolute atomic E-state index is 0.197. The van der Waals surface area contributed by atoms with Crippen molar-refractivity contribution in [2.45, 2.75) is 19.4 Å². The van der Waals surface area contributed by atoms with Crippen LogP contribution in [0, 0.1) is 6.92 Å². The molecule has 5 heteroatoms. The summed E-state index contributed by atoms with van der Waals surface area (Å²) < 4.78 is 0. The zero-order valence-corrected chi connectivity index (χ0v) is 11.2. The Morgan fingerprint density at radius 3 is 2.94 bits per heavy atom. The summed E-state index contributed by atoms with van der Waals surface area (Å²) >= 11 is 1.55. The average molecular weight is 254 g/mol. The van der Waals surface area contributed by atoms with Crippen LogP contribution in [0.1, 0.15) is 23.0 Å². The van der Waals surface area contributed by atoms with Crippen molar-refractivity contribution in [2.75, 3.05) is 18.6 Å². The third-order valence-corrected chi connectivity index (χ3v) is 3.25. The SMILES string of the molecule is CSCC(C)(O)CNC(=O)c1cccnc1C. The van der Waals surface area contributed by atoms with Crippen molar-refractivity contribution in [2.24, 2.45) is 0 Å². The Balaban J connectivity index is 2.59. The lowest BCUT2D eigenvalue weighted by atomic mass is 10.1. The highest BCUT2D eigenvalue weighted by atomic mass is 32.2. The first-order valence-corrected chi connectivity index (χ1v) is 6.77. The van der Waals surface area contributed by atoms with E-state index in [9.17, 15) is 9.90 Å². The van der Waals surface area contributed by atoms with Crippen LogP contribution in [0.25, 0.3) is 0 Å². The molecule has 0 aliphatic heterocycles. The van der Waals surface area contributed by atoms with E-state index < -0.39 is 5.60 Å². The van der Waals surface area contributed by atoms with E-state index in [1.165, 1.54) is 0 Å². The van der Waals surface area contributed by atoms with Crippen LogP contribution in [0.3, 0.4) is 0 Å². The Morgan fingerprint density at radius 1 is 1.65 bits per heavy atom. The van der Waals surface area contributed by atoms with Gasteiger partial charge in [0.05, 0.1) is 11.2 Å². The molecule has 1 aromatic rings. The molecule has 0 fully saturated rings. The van der Waals surface area contributed by atoms with E-state index in [0.717, 1.165) is 0 Å². The summed E-state index contributed by atoms with van der Waals surface area (Å²) in [6.07, 6.45) is 3.57. The number of aryl methyl sites for hydroxylation is 1. The van der Waals surface area contributed by atoms with Gasteiger partial charge < -0.3 is 10.4 Å². The van der Waals surface area contributed by atoms with Gasteiger partial charge >= 0.3 is 0 Å². The second kappa shape index (κ2) is 6.02. The lowest BCUT2D eigenvalue weighted by Gasteiger charge is -2.22. The molecule has 1 rings (SSSR count). The van der Waals surface area contributed by atoms with Gasteiger partial charge in [-0.2, -0.15) is 11.8 Å². The smallest absolute Gasteiger partial charge is 0.253 e. The number of thioether (sulfide) groups is 1. The van der Waals surface area contributed by atoms with Gasteiger partial charge in [0, 0.05) is 24.2 Å². The largest absolute Gasteiger partial charge is 0.387 e. The first-order chi connectivity index (χ1) is 7.96. The monoisotopic (exact) mass is 254 g/mol. The van der Waals surface area contributed by atoms with E-state index in [-0.39, 0.29) is 12.5 Å². The molecule has 0 aliphatic carbocycles. The van der Waals surface area contributed by atoms with E-state index in [0.29, 0.717) is 17.0 Å². The van der Waals surface area contributed by atoms with E-state index in [1.54, 1.807) is 43.9 Å². The maximum atomic E-state index is 11.8. The summed E-state index contributed by atoms with van der Waals surface area (Å²) in [5.74, 6) is 0.385. The predicted molar refractivity (Wildman–Crippen MR) is 70.3 cm³/mol. The van der Waals surface area contributed by atoms with Gasteiger partial charge in [0.25, 0.3) is 5.91 Å². The zero-order valence-electron chi connectivity index (χ0n) is 10.4. The summed E-state index contributed by atoms with van der Waals surface area (Å²) in [7, 11) is 0. The molecule has 0 spiro atoms. The van der Waals surface area contributed by atoms with Gasteiger partial charge in [0.2, 0.25) is 0 Å². The third-order valence-electron chi connectivity index (χ3n) is 2.34. The van der Waals surface area contributed by atoms with Crippen molar-refractivity contribution in [3.8, 4) is 0 Å². The van der Waals surface area contributed by atoms with Crippen LogP contribution in [0.2, 0.25) is 0 Å². The zero-order chi connectivity index (χ0) is 12.9. The van der Waals surface area contributed by atoms with E-state index >= 15 is 0 Å². The summed E-state index contributed by atoms with van der Waals surface area (Å²) in [5.41, 5.74) is 0.354. The molecular weight excluding hydrogens is 236 g/mol. The molecule has 1 unspecified atom stereocenters. The molecular formula is C12H18N2O2S. The van der Waals surface area contributed by atoms with Gasteiger partial charge in [-0.3, -0.25) is 9.78 Å². The van der Waals surface area contributed by atoms with Crippen molar-refractivity contribution in [1.82, 2.24) is 10.3 Å². The van der Waals surface area contributed by atoms with Crippen LogP contribution in [-0.4, -0.2) is 40.2 Å². The Morgan fingerprint density at radius 2 is 2.35 bits per heavy atom. The molecule has 94 valence electrons. The summed E-state index contributed by atoms with van der Waals surface area (Å²) in [4.78, 5) is 15.9. The highest BCUT2D eigenvalue weighted by Gasteiger charge is 2.21. The van der Waals surface area contributed by atoms with Crippen molar-refractivity contribution >= 4 is 17.7 Å². The number of aliphatic hydroxyl groups is 1. The van der Waals surface area contributed by atoms with E-state index in [2.05, 4.69) is 10.3 Å². The molecule has 0 aliphatic rings. The fourth-order valence-corrected chi connectivity index (χ4v) is 2.18. The third kappa shape index (κ3) is 4.36. The number of carbonyl (C=O) groups is 1. The molecule has 1 amide bonds. The van der Waals surface area contributed by atoms with Crippen LogP contribution in [0.4, 0.5) is 0 Å². The molecule has 4 nitrogen and oxygen atoms in total. The number of carbonyl (C=O) groups excluding carboxylic acids is 1. The van der Waals surface area contributed by atoms with E-state index in [1.807, 2.05) is 6.26 Å². The summed E-state index contributed by atoms with van der Waals surface area (Å²) in [5, 5.41) is 12.7. The fourth-order valence-electron chi connectivity index (χ4n) is 1.45. The van der Waals surface area contributed by atoms with Crippen LogP contribution in [0.15, 0.2) is 18.3 Å². The van der Waals surface area contributed by atoms with Crippen LogP contribution < -0.4 is 5.32 Å². The molecule has 2 N–H and O–H groups in total. The highest BCUT2D eigenvalue weighted by molar-refractivity contribution is 7.98. The minimum atomic E-state index is -0.884. The Kier molecular flexibility index (Phi) is 4.96. The Hall–Kier alpha value is -1.07. The number of pyridine rings is 1. The van der Waals surface area contributed by atoms with Gasteiger partial charge in [0.1, 0.15) is 0 Å². The summed E-state index contributed by atoms with van der Waals surface area (Å²) in [6.45, 7) is 3.73. The van der Waals surface area contributed by atoms with Gasteiger partial charge in [-0.1, -0.05) is 0 Å². The van der Waals surface area contributed by atoms with Gasteiger partial charge in [-0.25, -0.2) is 0 Å². The first kappa shape index (κ1) is 14.0. The van der Waals surface area contributed by atoms with Crippen LogP contribution in [-0.2, 0) is 0 Å². The van der Waals surface area contributed by atoms with E-state index in [4.69, 9.17) is 0 Å². The quantitative estimate of drug-likeness (QED) is 0.829. The van der Waals surface area contributed by atoms with Gasteiger partial charge in [-0.15, -0.1) is 0 Å². The Bertz CT molecular complexity index is 394. The van der Waals surface area contributed by atoms with Crippen molar-refractivity contribution in [3.63, 3.8) is 0 Å². The number of rotatable bonds is 5. The lowest BCUT2D eigenvalue weighted by molar-refractivity contribution is 0.0724. The maximum Gasteiger partial charge on any atom is 0.253 e. The molecule has 1 heterocycles. The predicted octanol–water partition coefficient (Wildman–Crippen LogP) is 1.23. The molecule has 0 aromatic carbocycles. The first-order valence-electron chi connectivity index (χ1n) is 5.37. The molecule has 0 bridgehead atoms. The number of nitrogens with zero attached hydrogens (tertiary/aromatic N) is 1. The number of amides is 1. The minimum Gasteiger partial charge on any atom is -0.387 e. The molecule has 0 saturated heterocycles. The van der Waals surface area contributed by atoms with Crippen molar-refractivity contribution < 1.29 is 9.90 Å². The number of hydrogen-bond acceptors (Lipinski definition) is 4. The molecule has 1 aromatic heterocycles. The highest BCUT2D eigenvalue weighted by Crippen LogP contribution is 2.10. The molecule has 1 atom stereocenters. The number of aromatic nitrogens is 1. The number of nitrogens with one attached hydrogen (secondary N) is 1. The molecule has 17 heavy (non-hydrogen) atoms. The standard InChI is InChI=1S/C12H18N2O2S/c1-9-10(5-4-6-13-9)11(15)14-7-12(2,16)8-17-3/h4-6,16H,7-8H2,1-3H3,(H,14,15). The van der Waals surface area contributed by atoms with Crippen molar-refractivity contribution in [3.05, 3.63) is 29.6 Å². The molecule has 0 radical (unpaired) electrons. The van der Waals surface area contributed by atoms with Gasteiger partial charge in [-0.05, 0) is 32.2 Å². The van der Waals surface area contributed by atoms with Crippen molar-refractivity contribution in [1.29, 1.82) is 0 Å². The topological polar surface area (TPSA) is 62.2 Å². The lowest BCUT2D eigenvalue weighted by Crippen LogP contribution is -2.42. The number of hydrogen-bond donors (Lipinski definition) is 2. The average Bonchev–Trinajstić information content (AvgIpc) is 2.27. The second-order valence-corrected chi connectivity index (χ2v) is 5.12. The van der Waals surface area contributed by atoms with Crippen LogP contribution in [0.5, 0.6) is 0 Å². The fraction of sp³-hybridized carbons (Fsp3) is 0.500. The van der Waals surface area contributed by atoms with Gasteiger partial charge in [0.15, 0.2) is 0 Å².